The summed E-state index contributed by atoms with van der Waals surface area (Å²) in [5.41, 5.74) is 8.69. The van der Waals surface area contributed by atoms with E-state index < -0.39 is 48.7 Å². The Morgan fingerprint density at radius 3 is 2.52 bits per heavy atom. The number of aliphatic carboxylic acids is 2. The number of fused-ring (bicyclic) bond motifs is 1. The van der Waals surface area contributed by atoms with Crippen molar-refractivity contribution in [2.45, 2.75) is 43.0 Å². The second kappa shape index (κ2) is 12.7. The Morgan fingerprint density at radius 2 is 1.83 bits per heavy atom. The Balaban J connectivity index is 1.25. The average molecular weight is 667 g/mol. The number of imidazole rings is 1. The highest BCUT2D eigenvalue weighted by Gasteiger charge is 2.49. The number of hydrogen-bond acceptors (Lipinski definition) is 12. The third-order valence-corrected chi connectivity index (χ3v) is 8.55. The fraction of sp³-hybridized carbons (Fsp3) is 0.267. The standard InChI is InChI=1S/C30H27ClN6O8S/c31-29-35-25(32)22-26(36-29)37(13-33-22)27-24(41)23(40)19(45-27)11-44-30(28(42)43,20-12-46-14-34-20)10-15-5-7-16(8-6-15)18-4-2-1-3-17(18)9-21(38)39/h1-8,12-14,19,23-24,27,40-41H,9-11H2,(H,38,39)(H,42,43)(H2,32,35,36)/t19-,23-,24-,27-,30-/m1/s1. The maximum absolute atomic E-state index is 13.0. The lowest BCUT2D eigenvalue weighted by atomic mass is 9.90. The monoisotopic (exact) mass is 666 g/mol. The smallest absolute Gasteiger partial charge is 0.342 e. The molecule has 0 radical (unpaired) electrons. The number of hydrogen-bond donors (Lipinski definition) is 5. The molecule has 0 amide bonds. The van der Waals surface area contributed by atoms with E-state index in [0.29, 0.717) is 11.1 Å². The molecule has 5 atom stereocenters. The molecule has 1 aliphatic rings. The number of nitrogen functional groups attached to an aromatic ring is 1. The minimum Gasteiger partial charge on any atom is -0.481 e. The molecule has 2 aromatic carbocycles. The topological polar surface area (TPSA) is 216 Å². The molecule has 0 aliphatic carbocycles. The Kier molecular flexibility index (Phi) is 8.69. The van der Waals surface area contributed by atoms with Gasteiger partial charge in [-0.05, 0) is 33.9 Å². The first-order chi connectivity index (χ1) is 22.1. The highest BCUT2D eigenvalue weighted by Crippen LogP contribution is 2.36. The first-order valence-electron chi connectivity index (χ1n) is 13.9. The van der Waals surface area contributed by atoms with Gasteiger partial charge in [-0.2, -0.15) is 9.97 Å². The van der Waals surface area contributed by atoms with Crippen molar-refractivity contribution in [3.8, 4) is 11.1 Å². The van der Waals surface area contributed by atoms with Crippen LogP contribution in [-0.4, -0.2) is 81.8 Å². The van der Waals surface area contributed by atoms with E-state index in [1.165, 1.54) is 27.7 Å². The molecule has 5 aromatic rings. The zero-order valence-electron chi connectivity index (χ0n) is 23.8. The summed E-state index contributed by atoms with van der Waals surface area (Å²) in [6.07, 6.45) is -4.23. The van der Waals surface area contributed by atoms with Gasteiger partial charge in [0.15, 0.2) is 17.7 Å². The number of ether oxygens (including phenoxy) is 2. The van der Waals surface area contributed by atoms with Crippen LogP contribution in [0.1, 0.15) is 23.0 Å². The van der Waals surface area contributed by atoms with Crippen LogP contribution in [0.2, 0.25) is 5.28 Å². The Morgan fingerprint density at radius 1 is 1.07 bits per heavy atom. The lowest BCUT2D eigenvalue weighted by molar-refractivity contribution is -0.177. The third kappa shape index (κ3) is 5.91. The first-order valence-corrected chi connectivity index (χ1v) is 15.2. The number of rotatable bonds is 11. The van der Waals surface area contributed by atoms with E-state index in [4.69, 9.17) is 26.8 Å². The van der Waals surface area contributed by atoms with Crippen LogP contribution in [0, 0.1) is 0 Å². The van der Waals surface area contributed by atoms with E-state index in [2.05, 4.69) is 19.9 Å². The molecule has 1 fully saturated rings. The number of aliphatic hydroxyl groups is 2. The number of nitrogens with two attached hydrogens (primary N) is 1. The number of aromatic nitrogens is 5. The molecular weight excluding hydrogens is 640 g/mol. The summed E-state index contributed by atoms with van der Waals surface area (Å²) in [5, 5.41) is 43.1. The fourth-order valence-electron chi connectivity index (χ4n) is 5.50. The Hall–Kier alpha value is -4.51. The van der Waals surface area contributed by atoms with Crippen LogP contribution in [0.3, 0.4) is 0 Å². The Labute approximate surface area is 269 Å². The lowest BCUT2D eigenvalue weighted by Crippen LogP contribution is -2.44. The second-order valence-corrected chi connectivity index (χ2v) is 11.7. The van der Waals surface area contributed by atoms with Gasteiger partial charge in [-0.15, -0.1) is 11.3 Å². The van der Waals surface area contributed by atoms with Gasteiger partial charge in [0, 0.05) is 11.8 Å². The van der Waals surface area contributed by atoms with Gasteiger partial charge in [-0.3, -0.25) is 9.36 Å². The van der Waals surface area contributed by atoms with Crippen LogP contribution in [0.5, 0.6) is 0 Å². The lowest BCUT2D eigenvalue weighted by Gasteiger charge is -2.30. The molecule has 46 heavy (non-hydrogen) atoms. The van der Waals surface area contributed by atoms with Gasteiger partial charge in [-0.25, -0.2) is 14.8 Å². The van der Waals surface area contributed by atoms with Gasteiger partial charge in [0.2, 0.25) is 10.9 Å². The van der Waals surface area contributed by atoms with Gasteiger partial charge < -0.3 is 35.6 Å². The molecular formula is C30H27ClN6O8S. The molecule has 0 spiro atoms. The van der Waals surface area contributed by atoms with Gasteiger partial charge in [-0.1, -0.05) is 48.5 Å². The van der Waals surface area contributed by atoms with Crippen molar-refractivity contribution in [3.63, 3.8) is 0 Å². The van der Waals surface area contributed by atoms with Crippen LogP contribution in [0.25, 0.3) is 22.3 Å². The third-order valence-electron chi connectivity index (χ3n) is 7.80. The molecule has 6 N–H and O–H groups in total. The van der Waals surface area contributed by atoms with Gasteiger partial charge in [0.25, 0.3) is 0 Å². The van der Waals surface area contributed by atoms with Gasteiger partial charge in [0.05, 0.1) is 30.6 Å². The van der Waals surface area contributed by atoms with Crippen LogP contribution >= 0.6 is 22.9 Å². The summed E-state index contributed by atoms with van der Waals surface area (Å²) in [5.74, 6) is -2.25. The summed E-state index contributed by atoms with van der Waals surface area (Å²) in [6, 6.07) is 14.2. The predicted octanol–water partition coefficient (Wildman–Crippen LogP) is 2.67. The predicted molar refractivity (Wildman–Crippen MR) is 165 cm³/mol. The first kappa shape index (κ1) is 31.5. The zero-order valence-corrected chi connectivity index (χ0v) is 25.4. The van der Waals surface area contributed by atoms with Crippen molar-refractivity contribution in [2.24, 2.45) is 0 Å². The van der Waals surface area contributed by atoms with Crippen molar-refractivity contribution in [2.75, 3.05) is 12.3 Å². The van der Waals surface area contributed by atoms with Crippen molar-refractivity contribution >= 4 is 51.9 Å². The number of halogens is 1. The maximum Gasteiger partial charge on any atom is 0.342 e. The SMILES string of the molecule is Nc1nc(Cl)nc2c1ncn2[C@@H]1O[C@H](CO[C@@](Cc2ccc(-c3ccccc3CC(=O)O)cc2)(C(=O)O)c2cscn2)[C@@H](O)[C@H]1O. The van der Waals surface area contributed by atoms with E-state index in [1.807, 2.05) is 12.1 Å². The van der Waals surface area contributed by atoms with Crippen LogP contribution in [0.15, 0.2) is 65.7 Å². The van der Waals surface area contributed by atoms with E-state index in [-0.39, 0.29) is 40.8 Å². The summed E-state index contributed by atoms with van der Waals surface area (Å²) >= 11 is 7.16. The normalized spacial score (nSPS) is 20.9. The largest absolute Gasteiger partial charge is 0.481 e. The number of benzene rings is 2. The van der Waals surface area contributed by atoms with Crippen molar-refractivity contribution in [3.05, 3.63) is 87.9 Å². The molecule has 1 aliphatic heterocycles. The molecule has 0 bridgehead atoms. The second-order valence-electron chi connectivity index (χ2n) is 10.7. The van der Waals surface area contributed by atoms with Crippen molar-refractivity contribution in [1.29, 1.82) is 0 Å². The summed E-state index contributed by atoms with van der Waals surface area (Å²) in [7, 11) is 0. The molecule has 238 valence electrons. The zero-order chi connectivity index (χ0) is 32.6. The van der Waals surface area contributed by atoms with E-state index in [1.54, 1.807) is 41.8 Å². The number of thiazole rings is 1. The molecule has 3 aromatic heterocycles. The molecule has 0 unspecified atom stereocenters. The number of aliphatic hydroxyl groups excluding tert-OH is 2. The highest BCUT2D eigenvalue weighted by molar-refractivity contribution is 7.07. The number of carboxylic acids is 2. The maximum atomic E-state index is 13.0. The minimum atomic E-state index is -1.98. The van der Waals surface area contributed by atoms with Crippen LogP contribution in [0.4, 0.5) is 5.82 Å². The number of nitrogens with zero attached hydrogens (tertiary/aromatic N) is 5. The highest BCUT2D eigenvalue weighted by atomic mass is 35.5. The van der Waals surface area contributed by atoms with E-state index in [0.717, 1.165) is 11.1 Å². The molecule has 16 heteroatoms. The fourth-order valence-corrected chi connectivity index (χ4v) is 6.29. The molecule has 4 heterocycles. The number of carbonyl (C=O) groups is 2. The number of anilines is 1. The van der Waals surface area contributed by atoms with E-state index >= 15 is 0 Å². The summed E-state index contributed by atoms with van der Waals surface area (Å²) in [4.78, 5) is 40.7. The van der Waals surface area contributed by atoms with Crippen LogP contribution in [-0.2, 0) is 37.5 Å². The van der Waals surface area contributed by atoms with Gasteiger partial charge in [0.1, 0.15) is 23.8 Å². The average Bonchev–Trinajstić information content (AvgIpc) is 3.77. The van der Waals surface area contributed by atoms with E-state index in [9.17, 15) is 30.0 Å². The summed E-state index contributed by atoms with van der Waals surface area (Å²) in [6.45, 7) is -0.427. The molecule has 6 rings (SSSR count). The van der Waals surface area contributed by atoms with Crippen molar-refractivity contribution < 1.29 is 39.5 Å². The molecule has 0 saturated carbocycles. The molecule has 1 saturated heterocycles. The van der Waals surface area contributed by atoms with Crippen LogP contribution < -0.4 is 5.73 Å². The minimum absolute atomic E-state index is 0.0219. The quantitative estimate of drug-likeness (QED) is 0.128. The number of carboxylic acid groups (broad SMARTS) is 2. The van der Waals surface area contributed by atoms with Crippen molar-refractivity contribution in [1.82, 2.24) is 24.5 Å². The summed E-state index contributed by atoms with van der Waals surface area (Å²) < 4.78 is 13.4. The molecule has 14 nitrogen and oxygen atoms in total. The Bertz CT molecular complexity index is 1890. The van der Waals surface area contributed by atoms with Gasteiger partial charge >= 0.3 is 11.9 Å².